The molecule has 1 saturated heterocycles. The third kappa shape index (κ3) is 3.22. The molecule has 0 radical (unpaired) electrons. The van der Waals surface area contributed by atoms with Gasteiger partial charge in [-0.05, 0) is 93.7 Å². The van der Waals surface area contributed by atoms with Crippen LogP contribution in [0, 0.1) is 40.5 Å². The summed E-state index contributed by atoms with van der Waals surface area (Å²) < 4.78 is 0. The summed E-state index contributed by atoms with van der Waals surface area (Å²) in [6.45, 7) is 12.3. The van der Waals surface area contributed by atoms with Gasteiger partial charge in [0, 0.05) is 6.54 Å². The maximum atomic E-state index is 12.6. The summed E-state index contributed by atoms with van der Waals surface area (Å²) in [7, 11) is 0. The Hall–Kier alpha value is -2.37. The van der Waals surface area contributed by atoms with Crippen LogP contribution in [0.3, 0.4) is 0 Å². The summed E-state index contributed by atoms with van der Waals surface area (Å²) in [6, 6.07) is -0.473. The van der Waals surface area contributed by atoms with Gasteiger partial charge in [0.2, 0.25) is 5.91 Å². The Morgan fingerprint density at radius 3 is 2.07 bits per heavy atom. The fraction of sp³-hybridized carbons (Fsp3) is 0.571. The second-order valence-corrected chi connectivity index (χ2v) is 8.18. The smallest absolute Gasteiger partial charge is 0.325 e. The lowest BCUT2D eigenvalue weighted by Crippen LogP contribution is -2.47. The summed E-state index contributed by atoms with van der Waals surface area (Å²) in [6.07, 6.45) is 1.88. The fourth-order valence-corrected chi connectivity index (χ4v) is 4.03. The third-order valence-electron chi connectivity index (χ3n) is 6.61. The lowest BCUT2D eigenvalue weighted by molar-refractivity contribution is -0.135. The Morgan fingerprint density at radius 1 is 1.04 bits per heavy atom. The quantitative estimate of drug-likeness (QED) is 0.781. The first-order chi connectivity index (χ1) is 12.6. The first-order valence-electron chi connectivity index (χ1n) is 9.54. The molecule has 1 aromatic carbocycles. The fourth-order valence-electron chi connectivity index (χ4n) is 4.03. The zero-order valence-corrected chi connectivity index (χ0v) is 17.1. The molecule has 1 saturated carbocycles. The molecule has 2 N–H and O–H groups in total. The van der Waals surface area contributed by atoms with Crippen LogP contribution in [-0.4, -0.2) is 34.8 Å². The van der Waals surface area contributed by atoms with Gasteiger partial charge in [0.15, 0.2) is 0 Å². The van der Waals surface area contributed by atoms with Crippen LogP contribution >= 0.6 is 0 Å². The van der Waals surface area contributed by atoms with Gasteiger partial charge in [-0.2, -0.15) is 0 Å². The zero-order valence-electron chi connectivity index (χ0n) is 17.1. The number of urea groups is 1. The van der Waals surface area contributed by atoms with E-state index in [1.807, 2.05) is 0 Å². The van der Waals surface area contributed by atoms with Crippen molar-refractivity contribution in [2.24, 2.45) is 5.92 Å². The van der Waals surface area contributed by atoms with Crippen molar-refractivity contribution in [3.63, 3.8) is 0 Å². The van der Waals surface area contributed by atoms with E-state index < -0.39 is 11.6 Å². The van der Waals surface area contributed by atoms with Crippen molar-refractivity contribution in [1.29, 1.82) is 0 Å². The molecule has 0 spiro atoms. The van der Waals surface area contributed by atoms with Crippen LogP contribution in [0.1, 0.15) is 53.1 Å². The summed E-state index contributed by atoms with van der Waals surface area (Å²) in [4.78, 5) is 38.3. The van der Waals surface area contributed by atoms with E-state index in [-0.39, 0.29) is 24.3 Å². The molecule has 2 fully saturated rings. The molecule has 0 bridgehead atoms. The first-order valence-corrected chi connectivity index (χ1v) is 9.54. The van der Waals surface area contributed by atoms with Crippen molar-refractivity contribution in [3.8, 4) is 0 Å². The van der Waals surface area contributed by atoms with E-state index in [0.717, 1.165) is 23.3 Å². The number of nitrogens with one attached hydrogen (secondary N) is 2. The summed E-state index contributed by atoms with van der Waals surface area (Å²) >= 11 is 0. The van der Waals surface area contributed by atoms with Crippen molar-refractivity contribution in [2.45, 2.75) is 66.5 Å². The van der Waals surface area contributed by atoms with Crippen molar-refractivity contribution >= 4 is 17.8 Å². The standard InChI is InChI=1S/C21H29N3O3/c1-11-12(2)14(4)17(15(5)13(11)3)9-22-18(25)10-24-19(26)21(6,16-7-8-16)23-20(24)27/h16H,7-10H2,1-6H3,(H,22,25)(H,23,27)/t21-/m0/s1. The van der Waals surface area contributed by atoms with Crippen LogP contribution in [-0.2, 0) is 16.1 Å². The van der Waals surface area contributed by atoms with Gasteiger partial charge < -0.3 is 10.6 Å². The number of benzene rings is 1. The maximum Gasteiger partial charge on any atom is 0.325 e. The van der Waals surface area contributed by atoms with Crippen LogP contribution in [0.4, 0.5) is 4.79 Å². The van der Waals surface area contributed by atoms with Crippen molar-refractivity contribution in [3.05, 3.63) is 33.4 Å². The van der Waals surface area contributed by atoms with Gasteiger partial charge in [0.05, 0.1) is 0 Å². The van der Waals surface area contributed by atoms with Crippen LogP contribution < -0.4 is 10.6 Å². The SMILES string of the molecule is Cc1c(C)c(C)c(CNC(=O)CN2C(=O)N[C@@](C)(C3CC3)C2=O)c(C)c1C. The zero-order chi connectivity index (χ0) is 20.1. The molecule has 146 valence electrons. The number of hydrogen-bond acceptors (Lipinski definition) is 3. The highest BCUT2D eigenvalue weighted by Gasteiger charge is 2.56. The van der Waals surface area contributed by atoms with Gasteiger partial charge in [0.25, 0.3) is 5.91 Å². The molecule has 3 rings (SSSR count). The van der Waals surface area contributed by atoms with Gasteiger partial charge >= 0.3 is 6.03 Å². The molecular formula is C21H29N3O3. The van der Waals surface area contributed by atoms with Gasteiger partial charge in [-0.3, -0.25) is 14.5 Å². The van der Waals surface area contributed by atoms with Crippen molar-refractivity contribution in [2.75, 3.05) is 6.54 Å². The van der Waals surface area contributed by atoms with E-state index in [9.17, 15) is 14.4 Å². The van der Waals surface area contributed by atoms with Gasteiger partial charge in [-0.1, -0.05) is 0 Å². The second-order valence-electron chi connectivity index (χ2n) is 8.18. The number of rotatable bonds is 5. The molecule has 1 heterocycles. The highest BCUT2D eigenvalue weighted by molar-refractivity contribution is 6.09. The summed E-state index contributed by atoms with van der Waals surface area (Å²) in [5, 5.41) is 5.65. The lowest BCUT2D eigenvalue weighted by Gasteiger charge is -2.21. The molecule has 6 heteroatoms. The largest absolute Gasteiger partial charge is 0.350 e. The number of hydrogen-bond donors (Lipinski definition) is 2. The molecule has 1 aromatic rings. The third-order valence-corrected chi connectivity index (χ3v) is 6.61. The number of carbonyl (C=O) groups is 3. The van der Waals surface area contributed by atoms with Crippen molar-refractivity contribution in [1.82, 2.24) is 15.5 Å². The number of amides is 4. The highest BCUT2D eigenvalue weighted by atomic mass is 16.2. The average molecular weight is 371 g/mol. The monoisotopic (exact) mass is 371 g/mol. The molecule has 0 unspecified atom stereocenters. The maximum absolute atomic E-state index is 12.6. The number of nitrogens with zero attached hydrogens (tertiary/aromatic N) is 1. The van der Waals surface area contributed by atoms with E-state index in [1.54, 1.807) is 6.92 Å². The molecule has 4 amide bonds. The minimum Gasteiger partial charge on any atom is -0.350 e. The van der Waals surface area contributed by atoms with E-state index in [0.29, 0.717) is 6.54 Å². The summed E-state index contributed by atoms with van der Waals surface area (Å²) in [5.74, 6) is -0.432. The Labute approximate surface area is 160 Å². The predicted octanol–water partition coefficient (Wildman–Crippen LogP) is 2.57. The van der Waals surface area contributed by atoms with Crippen LogP contribution in [0.2, 0.25) is 0 Å². The van der Waals surface area contributed by atoms with Crippen LogP contribution in [0.5, 0.6) is 0 Å². The molecule has 6 nitrogen and oxygen atoms in total. The van der Waals surface area contributed by atoms with Crippen LogP contribution in [0.25, 0.3) is 0 Å². The molecule has 1 aliphatic carbocycles. The van der Waals surface area contributed by atoms with Crippen molar-refractivity contribution < 1.29 is 14.4 Å². The average Bonchev–Trinajstić information content (AvgIpc) is 3.44. The Morgan fingerprint density at radius 2 is 1.56 bits per heavy atom. The lowest BCUT2D eigenvalue weighted by atomic mass is 9.89. The van der Waals surface area contributed by atoms with E-state index in [4.69, 9.17) is 0 Å². The molecule has 1 aliphatic heterocycles. The Balaban J connectivity index is 1.68. The van der Waals surface area contributed by atoms with E-state index in [2.05, 4.69) is 45.3 Å². The second kappa shape index (κ2) is 6.66. The molecule has 1 atom stereocenters. The summed E-state index contributed by atoms with van der Waals surface area (Å²) in [5.41, 5.74) is 6.34. The Kier molecular flexibility index (Phi) is 4.78. The molecular weight excluding hydrogens is 342 g/mol. The first kappa shape index (κ1) is 19.4. The van der Waals surface area contributed by atoms with E-state index >= 15 is 0 Å². The van der Waals surface area contributed by atoms with E-state index in [1.165, 1.54) is 27.8 Å². The number of imide groups is 1. The van der Waals surface area contributed by atoms with Gasteiger partial charge in [0.1, 0.15) is 12.1 Å². The van der Waals surface area contributed by atoms with Crippen LogP contribution in [0.15, 0.2) is 0 Å². The highest BCUT2D eigenvalue weighted by Crippen LogP contribution is 2.42. The minimum absolute atomic E-state index is 0.186. The molecule has 0 aromatic heterocycles. The van der Waals surface area contributed by atoms with Gasteiger partial charge in [-0.25, -0.2) is 4.79 Å². The number of carbonyl (C=O) groups excluding carboxylic acids is 3. The molecule has 27 heavy (non-hydrogen) atoms. The normalized spacial score (nSPS) is 22.2. The predicted molar refractivity (Wildman–Crippen MR) is 103 cm³/mol. The Bertz CT molecular complexity index is 813. The molecule has 2 aliphatic rings. The topological polar surface area (TPSA) is 78.5 Å². The van der Waals surface area contributed by atoms with Gasteiger partial charge in [-0.15, -0.1) is 0 Å². The minimum atomic E-state index is -0.851.